The average Bonchev–Trinajstić information content (AvgIpc) is 2.86. The van der Waals surface area contributed by atoms with Crippen LogP contribution >= 0.6 is 0 Å². The van der Waals surface area contributed by atoms with E-state index < -0.39 is 0 Å². The second-order valence-corrected chi connectivity index (χ2v) is 4.84. The Kier molecular flexibility index (Phi) is 3.66. The lowest BCUT2D eigenvalue weighted by Crippen LogP contribution is -2.42. The molecule has 1 saturated heterocycles. The summed E-state index contributed by atoms with van der Waals surface area (Å²) in [4.78, 5) is 13.2. The molecule has 2 fully saturated rings. The monoisotopic (exact) mass is 227 g/mol. The van der Waals surface area contributed by atoms with Gasteiger partial charge in [0.15, 0.2) is 0 Å². The Morgan fingerprint density at radius 1 is 1.56 bits per heavy atom. The first kappa shape index (κ1) is 11.7. The fraction of sp³-hybridized carbons (Fsp3) is 0.909. The second-order valence-electron chi connectivity index (χ2n) is 4.84. The lowest BCUT2D eigenvalue weighted by atomic mass is 10.0. The number of carbonyl (C=O) groups excluding carboxylic acids is 1. The van der Waals surface area contributed by atoms with Gasteiger partial charge in [0.1, 0.15) is 6.10 Å². The number of ether oxygens (including phenoxy) is 1. The highest BCUT2D eigenvalue weighted by Crippen LogP contribution is 2.28. The van der Waals surface area contributed by atoms with Crippen molar-refractivity contribution in [3.8, 4) is 0 Å². The van der Waals surface area contributed by atoms with Gasteiger partial charge in [-0.25, -0.2) is 4.79 Å². The molecule has 0 radical (unpaired) electrons. The lowest BCUT2D eigenvalue weighted by molar-refractivity contribution is 0.0942. The van der Waals surface area contributed by atoms with Crippen LogP contribution in [0.5, 0.6) is 0 Å². The molecule has 0 aromatic heterocycles. The van der Waals surface area contributed by atoms with Gasteiger partial charge < -0.3 is 15.8 Å². The largest absolute Gasteiger partial charge is 0.443 e. The number of cyclic esters (lactones) is 1. The molecule has 2 aliphatic rings. The van der Waals surface area contributed by atoms with Gasteiger partial charge in [-0.05, 0) is 32.4 Å². The summed E-state index contributed by atoms with van der Waals surface area (Å²) in [5, 5.41) is 2.68. The molecular formula is C11H21N3O2. The molecule has 92 valence electrons. The van der Waals surface area contributed by atoms with Crippen molar-refractivity contribution in [2.75, 3.05) is 26.7 Å². The van der Waals surface area contributed by atoms with Gasteiger partial charge in [-0.3, -0.25) is 4.90 Å². The Morgan fingerprint density at radius 3 is 3.00 bits per heavy atom. The maximum atomic E-state index is 10.9. The zero-order chi connectivity index (χ0) is 11.5. The summed E-state index contributed by atoms with van der Waals surface area (Å²) in [5.41, 5.74) is 5.77. The van der Waals surface area contributed by atoms with Gasteiger partial charge in [-0.2, -0.15) is 0 Å². The zero-order valence-electron chi connectivity index (χ0n) is 9.82. The summed E-state index contributed by atoms with van der Waals surface area (Å²) in [7, 11) is 2.10. The van der Waals surface area contributed by atoms with Crippen LogP contribution < -0.4 is 11.1 Å². The molecule has 3 unspecified atom stereocenters. The number of rotatable bonds is 4. The molecule has 3 N–H and O–H groups in total. The van der Waals surface area contributed by atoms with E-state index in [1.54, 1.807) is 0 Å². The summed E-state index contributed by atoms with van der Waals surface area (Å²) in [6.45, 7) is 2.20. The van der Waals surface area contributed by atoms with E-state index in [4.69, 9.17) is 10.5 Å². The fourth-order valence-corrected chi connectivity index (χ4v) is 2.86. The average molecular weight is 227 g/mol. The summed E-state index contributed by atoms with van der Waals surface area (Å²) in [6, 6.07) is 0.560. The Hall–Kier alpha value is -0.810. The minimum absolute atomic E-state index is 0.00322. The smallest absolute Gasteiger partial charge is 0.407 e. The predicted octanol–water partition coefficient (Wildman–Crippen LogP) is 0.154. The molecule has 1 heterocycles. The Morgan fingerprint density at radius 2 is 2.38 bits per heavy atom. The third-order valence-corrected chi connectivity index (χ3v) is 3.73. The highest BCUT2D eigenvalue weighted by atomic mass is 16.6. The highest BCUT2D eigenvalue weighted by Gasteiger charge is 2.32. The Balaban J connectivity index is 1.82. The first-order chi connectivity index (χ1) is 7.70. The van der Waals surface area contributed by atoms with Gasteiger partial charge in [0.25, 0.3) is 0 Å². The summed E-state index contributed by atoms with van der Waals surface area (Å²) < 4.78 is 5.14. The normalized spacial score (nSPS) is 34.2. The molecule has 0 aromatic rings. The van der Waals surface area contributed by atoms with E-state index in [-0.39, 0.29) is 12.2 Å². The number of nitrogens with one attached hydrogen (secondary N) is 1. The van der Waals surface area contributed by atoms with Gasteiger partial charge in [0.05, 0.1) is 6.54 Å². The fourth-order valence-electron chi connectivity index (χ4n) is 2.86. The van der Waals surface area contributed by atoms with Crippen molar-refractivity contribution in [1.29, 1.82) is 0 Å². The minimum atomic E-state index is -0.291. The third-order valence-electron chi connectivity index (χ3n) is 3.73. The van der Waals surface area contributed by atoms with Gasteiger partial charge in [-0.1, -0.05) is 6.42 Å². The molecule has 1 aliphatic carbocycles. The van der Waals surface area contributed by atoms with Crippen LogP contribution in [0.2, 0.25) is 0 Å². The molecule has 2 rings (SSSR count). The topological polar surface area (TPSA) is 67.6 Å². The van der Waals surface area contributed by atoms with Crippen molar-refractivity contribution in [2.45, 2.75) is 31.4 Å². The molecule has 1 saturated carbocycles. The van der Waals surface area contributed by atoms with Crippen LogP contribution in [0.25, 0.3) is 0 Å². The van der Waals surface area contributed by atoms with E-state index in [9.17, 15) is 4.79 Å². The van der Waals surface area contributed by atoms with Crippen LogP contribution in [-0.4, -0.2) is 49.8 Å². The minimum Gasteiger partial charge on any atom is -0.443 e. The molecular weight excluding hydrogens is 206 g/mol. The van der Waals surface area contributed by atoms with E-state index in [2.05, 4.69) is 17.3 Å². The van der Waals surface area contributed by atoms with Crippen LogP contribution in [0.15, 0.2) is 0 Å². The van der Waals surface area contributed by atoms with Crippen LogP contribution in [0.1, 0.15) is 19.3 Å². The number of amides is 1. The zero-order valence-corrected chi connectivity index (χ0v) is 9.82. The highest BCUT2D eigenvalue weighted by molar-refractivity contribution is 5.69. The van der Waals surface area contributed by atoms with Crippen LogP contribution in [0.4, 0.5) is 4.79 Å². The standard InChI is InChI=1S/C11H21N3O2/c1-14(7-9-6-13-11(15)16-9)10-4-2-3-8(10)5-12/h8-10H,2-7,12H2,1H3,(H,13,15). The number of nitrogens with zero attached hydrogens (tertiary/aromatic N) is 1. The van der Waals surface area contributed by atoms with Gasteiger partial charge in [-0.15, -0.1) is 0 Å². The molecule has 0 bridgehead atoms. The number of nitrogens with two attached hydrogens (primary N) is 1. The maximum absolute atomic E-state index is 10.9. The molecule has 1 amide bonds. The first-order valence-electron chi connectivity index (χ1n) is 6.05. The van der Waals surface area contributed by atoms with E-state index in [0.29, 0.717) is 18.5 Å². The molecule has 3 atom stereocenters. The SMILES string of the molecule is CN(CC1CNC(=O)O1)C1CCCC1CN. The van der Waals surface area contributed by atoms with Crippen LogP contribution in [-0.2, 0) is 4.74 Å². The third kappa shape index (κ3) is 2.47. The van der Waals surface area contributed by atoms with Crippen molar-refractivity contribution in [3.05, 3.63) is 0 Å². The number of hydrogen-bond donors (Lipinski definition) is 2. The summed E-state index contributed by atoms with van der Waals surface area (Å²) in [6.07, 6.45) is 3.41. The predicted molar refractivity (Wildman–Crippen MR) is 61.1 cm³/mol. The molecule has 5 nitrogen and oxygen atoms in total. The Bertz CT molecular complexity index is 260. The Labute approximate surface area is 96.3 Å². The van der Waals surface area contributed by atoms with Crippen LogP contribution in [0, 0.1) is 5.92 Å². The van der Waals surface area contributed by atoms with Crippen LogP contribution in [0.3, 0.4) is 0 Å². The van der Waals surface area contributed by atoms with E-state index in [0.717, 1.165) is 13.1 Å². The summed E-state index contributed by atoms with van der Waals surface area (Å²) >= 11 is 0. The van der Waals surface area contributed by atoms with Crippen molar-refractivity contribution in [2.24, 2.45) is 11.7 Å². The maximum Gasteiger partial charge on any atom is 0.407 e. The van der Waals surface area contributed by atoms with E-state index >= 15 is 0 Å². The first-order valence-corrected chi connectivity index (χ1v) is 6.05. The van der Waals surface area contributed by atoms with Crippen molar-refractivity contribution >= 4 is 6.09 Å². The molecule has 0 aromatic carbocycles. The summed E-state index contributed by atoms with van der Waals surface area (Å²) in [5.74, 6) is 0.607. The number of likely N-dealkylation sites (N-methyl/N-ethyl adjacent to an activating group) is 1. The van der Waals surface area contributed by atoms with Gasteiger partial charge in [0, 0.05) is 12.6 Å². The number of alkyl carbamates (subject to hydrolysis) is 1. The molecule has 16 heavy (non-hydrogen) atoms. The number of carbonyl (C=O) groups is 1. The lowest BCUT2D eigenvalue weighted by Gasteiger charge is -2.30. The molecule has 0 spiro atoms. The van der Waals surface area contributed by atoms with E-state index in [1.807, 2.05) is 0 Å². The van der Waals surface area contributed by atoms with Crippen molar-refractivity contribution in [3.63, 3.8) is 0 Å². The number of hydrogen-bond acceptors (Lipinski definition) is 4. The quantitative estimate of drug-likeness (QED) is 0.717. The second kappa shape index (κ2) is 5.01. The van der Waals surface area contributed by atoms with Gasteiger partial charge in [0.2, 0.25) is 0 Å². The van der Waals surface area contributed by atoms with E-state index in [1.165, 1.54) is 19.3 Å². The van der Waals surface area contributed by atoms with Gasteiger partial charge >= 0.3 is 6.09 Å². The van der Waals surface area contributed by atoms with Crippen molar-refractivity contribution in [1.82, 2.24) is 10.2 Å². The van der Waals surface area contributed by atoms with Crippen molar-refractivity contribution < 1.29 is 9.53 Å². The molecule has 5 heteroatoms. The molecule has 1 aliphatic heterocycles.